The van der Waals surface area contributed by atoms with E-state index in [4.69, 9.17) is 9.47 Å². The summed E-state index contributed by atoms with van der Waals surface area (Å²) in [6.07, 6.45) is 0.689. The highest BCUT2D eigenvalue weighted by Crippen LogP contribution is 2.67. The molecule has 2 heterocycles. The lowest BCUT2D eigenvalue weighted by molar-refractivity contribution is -0.133. The Hall–Kier alpha value is -1.30. The fraction of sp³-hybridized carbons (Fsp3) is 0.875. The minimum atomic E-state index is -0.524. The number of ether oxygens (including phenoxy) is 2. The van der Waals surface area contributed by atoms with Crippen LogP contribution >= 0.6 is 0 Å². The number of piperidine rings is 1. The molecule has 1 saturated carbocycles. The van der Waals surface area contributed by atoms with E-state index < -0.39 is 6.09 Å². The highest BCUT2D eigenvalue weighted by molar-refractivity contribution is 5.84. The third kappa shape index (κ3) is 2.57. The Bertz CT molecular complexity index is 487. The lowest BCUT2D eigenvalue weighted by Gasteiger charge is -2.29. The SMILES string of the molecule is CC(C)COC(=O)NCC(=O)N1CC(C)(C)[C@H]2CC21C1CO1. The van der Waals surface area contributed by atoms with E-state index in [0.29, 0.717) is 12.5 Å². The van der Waals surface area contributed by atoms with E-state index in [0.717, 1.165) is 19.6 Å². The standard InChI is InChI=1S/C16H26N2O4/c1-10(2)7-22-14(20)17-6-13(19)18-9-15(3,4)11-5-16(11,18)12-8-21-12/h10-12H,5-9H2,1-4H3,(H,17,20)/t11-,12?,16?/m1/s1. The lowest BCUT2D eigenvalue weighted by atomic mass is 9.88. The first-order chi connectivity index (χ1) is 10.3. The van der Waals surface area contributed by atoms with E-state index in [9.17, 15) is 9.59 Å². The summed E-state index contributed by atoms with van der Waals surface area (Å²) in [6.45, 7) is 10.2. The van der Waals surface area contributed by atoms with Gasteiger partial charge in [0, 0.05) is 6.54 Å². The first-order valence-corrected chi connectivity index (χ1v) is 8.10. The molecule has 2 amide bonds. The molecule has 0 radical (unpaired) electrons. The predicted molar refractivity (Wildman–Crippen MR) is 80.3 cm³/mol. The summed E-state index contributed by atoms with van der Waals surface area (Å²) in [5.41, 5.74) is 0.0177. The van der Waals surface area contributed by atoms with E-state index in [1.165, 1.54) is 0 Å². The van der Waals surface area contributed by atoms with Crippen LogP contribution in [0.1, 0.15) is 34.1 Å². The van der Waals surface area contributed by atoms with Gasteiger partial charge < -0.3 is 19.7 Å². The zero-order valence-electron chi connectivity index (χ0n) is 13.8. The van der Waals surface area contributed by atoms with Gasteiger partial charge in [0.15, 0.2) is 0 Å². The van der Waals surface area contributed by atoms with Crippen LogP contribution in [-0.2, 0) is 14.3 Å². The van der Waals surface area contributed by atoms with Crippen molar-refractivity contribution in [1.82, 2.24) is 10.2 Å². The molecule has 2 unspecified atom stereocenters. The number of hydrogen-bond donors (Lipinski definition) is 1. The Morgan fingerprint density at radius 1 is 1.41 bits per heavy atom. The highest BCUT2D eigenvalue weighted by Gasteiger charge is 2.76. The van der Waals surface area contributed by atoms with Crippen LogP contribution in [0.25, 0.3) is 0 Å². The average Bonchev–Trinajstić information content (AvgIpc) is 3.30. The summed E-state index contributed by atoms with van der Waals surface area (Å²) in [5.74, 6) is 0.762. The fourth-order valence-corrected chi connectivity index (χ4v) is 3.91. The van der Waals surface area contributed by atoms with Crippen LogP contribution in [-0.4, -0.2) is 54.8 Å². The molecule has 124 valence electrons. The van der Waals surface area contributed by atoms with Crippen LogP contribution in [0.5, 0.6) is 0 Å². The molecule has 0 bridgehead atoms. The second-order valence-electron chi connectivity index (χ2n) is 7.88. The van der Waals surface area contributed by atoms with Gasteiger partial charge in [0.05, 0.1) is 18.8 Å². The molecular formula is C16H26N2O4. The van der Waals surface area contributed by atoms with Gasteiger partial charge in [-0.1, -0.05) is 27.7 Å². The summed E-state index contributed by atoms with van der Waals surface area (Å²) in [7, 11) is 0. The molecule has 3 aliphatic rings. The van der Waals surface area contributed by atoms with E-state index in [2.05, 4.69) is 19.2 Å². The zero-order chi connectivity index (χ0) is 16.1. The van der Waals surface area contributed by atoms with E-state index in [-0.39, 0.29) is 35.4 Å². The Morgan fingerprint density at radius 3 is 2.64 bits per heavy atom. The number of likely N-dealkylation sites (tertiary alicyclic amines) is 1. The number of nitrogens with one attached hydrogen (secondary N) is 1. The molecule has 3 fully saturated rings. The number of epoxide rings is 1. The quantitative estimate of drug-likeness (QED) is 0.779. The molecule has 0 spiro atoms. The average molecular weight is 310 g/mol. The van der Waals surface area contributed by atoms with Crippen molar-refractivity contribution in [3.63, 3.8) is 0 Å². The summed E-state index contributed by atoms with van der Waals surface area (Å²) in [5, 5.41) is 2.56. The van der Waals surface area contributed by atoms with Crippen molar-refractivity contribution in [2.45, 2.75) is 45.8 Å². The summed E-state index contributed by atoms with van der Waals surface area (Å²) in [4.78, 5) is 26.1. The van der Waals surface area contributed by atoms with Crippen molar-refractivity contribution < 1.29 is 19.1 Å². The maximum atomic E-state index is 12.6. The molecule has 2 saturated heterocycles. The van der Waals surface area contributed by atoms with Gasteiger partial charge >= 0.3 is 6.09 Å². The van der Waals surface area contributed by atoms with Crippen molar-refractivity contribution in [3.05, 3.63) is 0 Å². The Labute approximate surface area is 131 Å². The van der Waals surface area contributed by atoms with Crippen LogP contribution < -0.4 is 5.32 Å². The van der Waals surface area contributed by atoms with Gasteiger partial charge in [0.25, 0.3) is 0 Å². The molecule has 0 aromatic rings. The topological polar surface area (TPSA) is 71.2 Å². The Morgan fingerprint density at radius 2 is 2.09 bits per heavy atom. The van der Waals surface area contributed by atoms with Gasteiger partial charge in [0.2, 0.25) is 5.91 Å². The molecule has 6 nitrogen and oxygen atoms in total. The molecule has 3 rings (SSSR count). The van der Waals surface area contributed by atoms with Crippen LogP contribution in [0.2, 0.25) is 0 Å². The largest absolute Gasteiger partial charge is 0.449 e. The third-order valence-corrected chi connectivity index (χ3v) is 5.11. The van der Waals surface area contributed by atoms with E-state index in [1.807, 2.05) is 18.7 Å². The predicted octanol–water partition coefficient (Wildman–Crippen LogP) is 1.39. The van der Waals surface area contributed by atoms with Crippen molar-refractivity contribution in [2.75, 3.05) is 26.3 Å². The third-order valence-electron chi connectivity index (χ3n) is 5.11. The second-order valence-corrected chi connectivity index (χ2v) is 7.88. The summed E-state index contributed by atoms with van der Waals surface area (Å²) >= 11 is 0. The molecule has 2 aliphatic heterocycles. The number of carbonyl (C=O) groups excluding carboxylic acids is 2. The number of nitrogens with zero attached hydrogens (tertiary/aromatic N) is 1. The number of alkyl carbamates (subject to hydrolysis) is 1. The summed E-state index contributed by atoms with van der Waals surface area (Å²) in [6, 6.07) is 0. The number of amides is 2. The number of hydrogen-bond acceptors (Lipinski definition) is 4. The van der Waals surface area contributed by atoms with Gasteiger partial charge in [-0.15, -0.1) is 0 Å². The number of fused-ring (bicyclic) bond motifs is 1. The number of rotatable bonds is 5. The highest BCUT2D eigenvalue weighted by atomic mass is 16.6. The van der Waals surface area contributed by atoms with Gasteiger partial charge in [-0.05, 0) is 23.7 Å². The minimum Gasteiger partial charge on any atom is -0.449 e. The molecule has 3 atom stereocenters. The molecule has 6 heteroatoms. The molecule has 0 aromatic heterocycles. The molecule has 0 aromatic carbocycles. The monoisotopic (exact) mass is 310 g/mol. The molecule has 22 heavy (non-hydrogen) atoms. The van der Waals surface area contributed by atoms with Crippen LogP contribution in [0, 0.1) is 17.3 Å². The van der Waals surface area contributed by atoms with Crippen molar-refractivity contribution in [3.8, 4) is 0 Å². The van der Waals surface area contributed by atoms with Crippen molar-refractivity contribution in [1.29, 1.82) is 0 Å². The van der Waals surface area contributed by atoms with Gasteiger partial charge in [-0.3, -0.25) is 4.79 Å². The van der Waals surface area contributed by atoms with Crippen molar-refractivity contribution >= 4 is 12.0 Å². The molecule has 1 N–H and O–H groups in total. The van der Waals surface area contributed by atoms with Gasteiger partial charge in [-0.2, -0.15) is 0 Å². The van der Waals surface area contributed by atoms with Crippen molar-refractivity contribution in [2.24, 2.45) is 17.3 Å². The molecule has 1 aliphatic carbocycles. The maximum Gasteiger partial charge on any atom is 0.407 e. The van der Waals surface area contributed by atoms with Crippen LogP contribution in [0.3, 0.4) is 0 Å². The fourth-order valence-electron chi connectivity index (χ4n) is 3.91. The lowest BCUT2D eigenvalue weighted by Crippen LogP contribution is -2.48. The summed E-state index contributed by atoms with van der Waals surface area (Å²) < 4.78 is 10.5. The maximum absolute atomic E-state index is 12.6. The Kier molecular flexibility index (Phi) is 3.62. The van der Waals surface area contributed by atoms with E-state index in [1.54, 1.807) is 0 Å². The smallest absolute Gasteiger partial charge is 0.407 e. The minimum absolute atomic E-state index is 0.00576. The molecular weight excluding hydrogens is 284 g/mol. The second kappa shape index (κ2) is 5.11. The van der Waals surface area contributed by atoms with E-state index >= 15 is 0 Å². The first kappa shape index (κ1) is 15.6. The normalized spacial score (nSPS) is 34.3. The Balaban J connectivity index is 1.55. The van der Waals surface area contributed by atoms with Crippen LogP contribution in [0.4, 0.5) is 4.79 Å². The first-order valence-electron chi connectivity index (χ1n) is 8.10. The van der Waals surface area contributed by atoms with Gasteiger partial charge in [-0.25, -0.2) is 4.79 Å². The van der Waals surface area contributed by atoms with Crippen LogP contribution in [0.15, 0.2) is 0 Å². The number of carbonyl (C=O) groups is 2. The van der Waals surface area contributed by atoms with Gasteiger partial charge in [0.1, 0.15) is 12.6 Å². The zero-order valence-corrected chi connectivity index (χ0v) is 13.8.